The van der Waals surface area contributed by atoms with Crippen LogP contribution in [0.15, 0.2) is 18.6 Å². The summed E-state index contributed by atoms with van der Waals surface area (Å²) < 4.78 is 29.4. The summed E-state index contributed by atoms with van der Waals surface area (Å²) in [6.07, 6.45) is 4.75. The van der Waals surface area contributed by atoms with Crippen LogP contribution in [-0.2, 0) is 0 Å². The molecule has 6 nitrogen and oxygen atoms in total. The van der Waals surface area contributed by atoms with Crippen molar-refractivity contribution in [3.05, 3.63) is 18.6 Å². The number of urea groups is 1. The number of carbonyl (C=O) groups excluding carboxylic acids is 1. The van der Waals surface area contributed by atoms with Gasteiger partial charge in [0.2, 0.25) is 0 Å². The molecule has 1 aromatic heterocycles. The maximum absolute atomic E-state index is 14.7. The molecule has 0 bridgehead atoms. The number of anilines is 1. The van der Waals surface area contributed by atoms with E-state index in [1.165, 1.54) is 9.80 Å². The van der Waals surface area contributed by atoms with Crippen LogP contribution >= 0.6 is 0 Å². The van der Waals surface area contributed by atoms with Gasteiger partial charge in [0.1, 0.15) is 5.82 Å². The van der Waals surface area contributed by atoms with Gasteiger partial charge in [0, 0.05) is 59.1 Å². The monoisotopic (exact) mass is 325 g/mol. The van der Waals surface area contributed by atoms with Crippen LogP contribution in [0.3, 0.4) is 0 Å². The number of hydrogen-bond donors (Lipinski definition) is 0. The van der Waals surface area contributed by atoms with E-state index >= 15 is 0 Å². The zero-order chi connectivity index (χ0) is 16.7. The predicted octanol–water partition coefficient (Wildman–Crippen LogP) is 1.70. The SMILES string of the molecule is CN(C)C(=O)N1CCC(F)(F)[C@@]2(CCN(c3cnccn3)C2)C1. The molecule has 1 atom stereocenters. The Morgan fingerprint density at radius 1 is 1.22 bits per heavy atom. The van der Waals surface area contributed by atoms with Gasteiger partial charge in [-0.15, -0.1) is 0 Å². The quantitative estimate of drug-likeness (QED) is 0.788. The van der Waals surface area contributed by atoms with Crippen LogP contribution in [-0.4, -0.2) is 72.0 Å². The third kappa shape index (κ3) is 2.70. The van der Waals surface area contributed by atoms with Gasteiger partial charge in [-0.25, -0.2) is 18.6 Å². The number of likely N-dealkylation sites (tertiary alicyclic amines) is 1. The van der Waals surface area contributed by atoms with E-state index in [-0.39, 0.29) is 32.1 Å². The summed E-state index contributed by atoms with van der Waals surface area (Å²) >= 11 is 0. The van der Waals surface area contributed by atoms with Gasteiger partial charge in [-0.1, -0.05) is 0 Å². The molecule has 0 unspecified atom stereocenters. The first kappa shape index (κ1) is 15.9. The van der Waals surface area contributed by atoms with Crippen molar-refractivity contribution in [2.45, 2.75) is 18.8 Å². The van der Waals surface area contributed by atoms with E-state index in [9.17, 15) is 13.6 Å². The van der Waals surface area contributed by atoms with Gasteiger partial charge in [0.15, 0.2) is 0 Å². The van der Waals surface area contributed by atoms with E-state index < -0.39 is 11.3 Å². The predicted molar refractivity (Wildman–Crippen MR) is 81.5 cm³/mol. The third-order valence-electron chi connectivity index (χ3n) is 4.85. The first-order chi connectivity index (χ1) is 10.8. The first-order valence-electron chi connectivity index (χ1n) is 7.70. The van der Waals surface area contributed by atoms with Crippen LogP contribution in [0.4, 0.5) is 19.4 Å². The van der Waals surface area contributed by atoms with Crippen molar-refractivity contribution in [2.75, 3.05) is 45.2 Å². The summed E-state index contributed by atoms with van der Waals surface area (Å²) in [5.74, 6) is -2.18. The molecule has 1 spiro atoms. The van der Waals surface area contributed by atoms with E-state index in [2.05, 4.69) is 9.97 Å². The smallest absolute Gasteiger partial charge is 0.319 e. The van der Waals surface area contributed by atoms with Crippen molar-refractivity contribution in [3.63, 3.8) is 0 Å². The highest BCUT2D eigenvalue weighted by Crippen LogP contribution is 2.50. The van der Waals surface area contributed by atoms with E-state index in [0.717, 1.165) is 0 Å². The Balaban J connectivity index is 1.82. The van der Waals surface area contributed by atoms with E-state index in [1.54, 1.807) is 32.7 Å². The molecule has 2 aliphatic rings. The van der Waals surface area contributed by atoms with E-state index in [4.69, 9.17) is 0 Å². The van der Waals surface area contributed by atoms with Gasteiger partial charge < -0.3 is 14.7 Å². The third-order valence-corrected chi connectivity index (χ3v) is 4.85. The number of carbonyl (C=O) groups is 1. The Labute approximate surface area is 134 Å². The molecule has 126 valence electrons. The van der Waals surface area contributed by atoms with Crippen molar-refractivity contribution in [1.82, 2.24) is 19.8 Å². The molecule has 0 aliphatic carbocycles. The number of aromatic nitrogens is 2. The Bertz CT molecular complexity index is 582. The number of piperidine rings is 1. The van der Waals surface area contributed by atoms with E-state index in [1.807, 2.05) is 4.90 Å². The lowest BCUT2D eigenvalue weighted by atomic mass is 9.75. The molecule has 1 aromatic rings. The minimum atomic E-state index is -2.78. The lowest BCUT2D eigenvalue weighted by molar-refractivity contribution is -0.150. The zero-order valence-corrected chi connectivity index (χ0v) is 13.4. The lowest BCUT2D eigenvalue weighted by Crippen LogP contribution is -2.59. The largest absolute Gasteiger partial charge is 0.354 e. The Hall–Kier alpha value is -1.99. The number of alkyl halides is 2. The van der Waals surface area contributed by atoms with Crippen LogP contribution in [0.25, 0.3) is 0 Å². The Kier molecular flexibility index (Phi) is 3.85. The van der Waals surface area contributed by atoms with Gasteiger partial charge in [-0.3, -0.25) is 4.98 Å². The van der Waals surface area contributed by atoms with Crippen molar-refractivity contribution in [2.24, 2.45) is 5.41 Å². The Morgan fingerprint density at radius 3 is 2.65 bits per heavy atom. The topological polar surface area (TPSA) is 52.6 Å². The number of rotatable bonds is 1. The van der Waals surface area contributed by atoms with Crippen LogP contribution in [0.1, 0.15) is 12.8 Å². The van der Waals surface area contributed by atoms with E-state index in [0.29, 0.717) is 18.8 Å². The molecule has 23 heavy (non-hydrogen) atoms. The van der Waals surface area contributed by atoms with Crippen LogP contribution in [0, 0.1) is 5.41 Å². The van der Waals surface area contributed by atoms with Crippen LogP contribution < -0.4 is 4.90 Å². The summed E-state index contributed by atoms with van der Waals surface area (Å²) in [6, 6.07) is -0.210. The summed E-state index contributed by atoms with van der Waals surface area (Å²) in [5.41, 5.74) is -1.21. The highest BCUT2D eigenvalue weighted by molar-refractivity contribution is 5.74. The fraction of sp³-hybridized carbons (Fsp3) is 0.667. The van der Waals surface area contributed by atoms with Gasteiger partial charge in [0.05, 0.1) is 11.6 Å². The van der Waals surface area contributed by atoms with Gasteiger partial charge >= 0.3 is 6.03 Å². The molecule has 0 aromatic carbocycles. The number of nitrogens with zero attached hydrogens (tertiary/aromatic N) is 5. The zero-order valence-electron chi connectivity index (χ0n) is 13.4. The normalized spacial score (nSPS) is 26.6. The second-order valence-electron chi connectivity index (χ2n) is 6.57. The highest BCUT2D eigenvalue weighted by Gasteiger charge is 2.60. The van der Waals surface area contributed by atoms with Crippen LogP contribution in [0.2, 0.25) is 0 Å². The molecule has 0 N–H and O–H groups in total. The summed E-state index contributed by atoms with van der Waals surface area (Å²) in [7, 11) is 3.28. The number of hydrogen-bond acceptors (Lipinski definition) is 4. The first-order valence-corrected chi connectivity index (χ1v) is 7.70. The standard InChI is InChI=1S/C15H21F2N5O/c1-20(2)13(23)22-8-4-15(16,17)14(11-22)3-7-21(10-14)12-9-18-5-6-19-12/h5-6,9H,3-4,7-8,10-11H2,1-2H3/t14-/m1/s1. The molecule has 2 amide bonds. The second kappa shape index (κ2) is 5.58. The van der Waals surface area contributed by atoms with Gasteiger partial charge in [0.25, 0.3) is 5.92 Å². The average molecular weight is 325 g/mol. The fourth-order valence-electron chi connectivity index (χ4n) is 3.50. The molecule has 2 aliphatic heterocycles. The van der Waals surface area contributed by atoms with Gasteiger partial charge in [-0.05, 0) is 6.42 Å². The minimum absolute atomic E-state index is 0.0772. The maximum atomic E-state index is 14.7. The van der Waals surface area contributed by atoms with Crippen molar-refractivity contribution in [1.29, 1.82) is 0 Å². The molecule has 0 radical (unpaired) electrons. The molecule has 3 rings (SSSR count). The summed E-state index contributed by atoms with van der Waals surface area (Å²) in [5, 5.41) is 0. The van der Waals surface area contributed by atoms with Crippen molar-refractivity contribution < 1.29 is 13.6 Å². The minimum Gasteiger partial charge on any atom is -0.354 e. The maximum Gasteiger partial charge on any atom is 0.319 e. The molecule has 8 heteroatoms. The van der Waals surface area contributed by atoms with Crippen LogP contribution in [0.5, 0.6) is 0 Å². The molecule has 2 fully saturated rings. The second-order valence-corrected chi connectivity index (χ2v) is 6.57. The summed E-state index contributed by atoms with van der Waals surface area (Å²) in [6.45, 7) is 0.860. The molecule has 2 saturated heterocycles. The molecular formula is C15H21F2N5O. The molecular weight excluding hydrogens is 304 g/mol. The summed E-state index contributed by atoms with van der Waals surface area (Å²) in [4.78, 5) is 25.2. The molecule has 0 saturated carbocycles. The number of halogens is 2. The van der Waals surface area contributed by atoms with Crippen molar-refractivity contribution >= 4 is 11.8 Å². The lowest BCUT2D eigenvalue weighted by Gasteiger charge is -2.46. The highest BCUT2D eigenvalue weighted by atomic mass is 19.3. The number of amides is 2. The fourth-order valence-corrected chi connectivity index (χ4v) is 3.50. The Morgan fingerprint density at radius 2 is 2.00 bits per heavy atom. The molecule has 3 heterocycles. The van der Waals surface area contributed by atoms with Crippen molar-refractivity contribution in [3.8, 4) is 0 Å². The average Bonchev–Trinajstić information content (AvgIpc) is 2.96. The van der Waals surface area contributed by atoms with Gasteiger partial charge in [-0.2, -0.15) is 0 Å².